The molecule has 1 rings (SSSR count). The van der Waals surface area contributed by atoms with Crippen LogP contribution in [0.2, 0.25) is 0 Å². The second-order valence-electron chi connectivity index (χ2n) is 3.61. The van der Waals surface area contributed by atoms with Gasteiger partial charge in [0.25, 0.3) is 0 Å². The summed E-state index contributed by atoms with van der Waals surface area (Å²) in [6.07, 6.45) is 0. The van der Waals surface area contributed by atoms with E-state index in [1.165, 1.54) is 4.31 Å². The zero-order chi connectivity index (χ0) is 12.2. The highest BCUT2D eigenvalue weighted by molar-refractivity contribution is 7.89. The van der Waals surface area contributed by atoms with Gasteiger partial charge in [0.15, 0.2) is 5.75 Å². The molecule has 94 valence electrons. The smallest absolute Gasteiger partial charge is 0.320 e. The molecule has 0 atom stereocenters. The highest BCUT2D eigenvalue weighted by atomic mass is 32.2. The standard InChI is InChI=1S/C8H16N2O5S/c11-6-5-9-1-3-10(4-2-9)16(14,15)7-8(12)13/h11H,1-7H2,(H,12,13). The molecular formula is C8H16N2O5S. The second kappa shape index (κ2) is 5.58. The molecule has 0 radical (unpaired) electrons. The normalized spacial score (nSPS) is 19.8. The SMILES string of the molecule is O=C(O)CS(=O)(=O)N1CCN(CCO)CC1. The van der Waals surface area contributed by atoms with Gasteiger partial charge in [-0.3, -0.25) is 9.69 Å². The van der Waals surface area contributed by atoms with Gasteiger partial charge < -0.3 is 10.2 Å². The topological polar surface area (TPSA) is 98.1 Å². The van der Waals surface area contributed by atoms with E-state index in [-0.39, 0.29) is 19.7 Å². The van der Waals surface area contributed by atoms with Crippen molar-refractivity contribution >= 4 is 16.0 Å². The van der Waals surface area contributed by atoms with E-state index in [0.29, 0.717) is 19.6 Å². The van der Waals surface area contributed by atoms with Gasteiger partial charge in [-0.05, 0) is 0 Å². The van der Waals surface area contributed by atoms with Crippen molar-refractivity contribution in [2.24, 2.45) is 0 Å². The van der Waals surface area contributed by atoms with Crippen LogP contribution in [0.15, 0.2) is 0 Å². The Hall–Kier alpha value is -0.700. The Morgan fingerprint density at radius 1 is 1.19 bits per heavy atom. The largest absolute Gasteiger partial charge is 0.480 e. The maximum Gasteiger partial charge on any atom is 0.320 e. The van der Waals surface area contributed by atoms with Gasteiger partial charge in [-0.25, -0.2) is 8.42 Å². The molecule has 8 heteroatoms. The van der Waals surface area contributed by atoms with Crippen molar-refractivity contribution in [3.63, 3.8) is 0 Å². The Morgan fingerprint density at radius 2 is 1.75 bits per heavy atom. The number of piperazine rings is 1. The first-order valence-electron chi connectivity index (χ1n) is 4.98. The average molecular weight is 252 g/mol. The van der Waals surface area contributed by atoms with Gasteiger partial charge in [0.1, 0.15) is 0 Å². The molecule has 0 aromatic rings. The molecule has 0 spiro atoms. The highest BCUT2D eigenvalue weighted by Gasteiger charge is 2.28. The maximum absolute atomic E-state index is 11.5. The molecule has 1 heterocycles. The fraction of sp³-hybridized carbons (Fsp3) is 0.875. The van der Waals surface area contributed by atoms with Crippen LogP contribution in [0.1, 0.15) is 0 Å². The number of β-amino-alcohol motifs (C(OH)–C–C–N with tert-alkyl or cyclic N) is 1. The third-order valence-electron chi connectivity index (χ3n) is 2.45. The fourth-order valence-corrected chi connectivity index (χ4v) is 2.83. The van der Waals surface area contributed by atoms with E-state index >= 15 is 0 Å². The number of carbonyl (C=O) groups is 1. The summed E-state index contributed by atoms with van der Waals surface area (Å²) in [5, 5.41) is 17.2. The molecule has 1 fully saturated rings. The Morgan fingerprint density at radius 3 is 2.19 bits per heavy atom. The van der Waals surface area contributed by atoms with Crippen LogP contribution >= 0.6 is 0 Å². The van der Waals surface area contributed by atoms with Gasteiger partial charge in [0, 0.05) is 32.7 Å². The number of carboxylic acid groups (broad SMARTS) is 1. The summed E-state index contributed by atoms with van der Waals surface area (Å²) < 4.78 is 24.3. The van der Waals surface area contributed by atoms with Crippen molar-refractivity contribution < 1.29 is 23.4 Å². The van der Waals surface area contributed by atoms with Crippen LogP contribution < -0.4 is 0 Å². The van der Waals surface area contributed by atoms with Crippen molar-refractivity contribution in [1.82, 2.24) is 9.21 Å². The van der Waals surface area contributed by atoms with E-state index in [0.717, 1.165) is 0 Å². The molecular weight excluding hydrogens is 236 g/mol. The van der Waals surface area contributed by atoms with Gasteiger partial charge in [-0.2, -0.15) is 4.31 Å². The van der Waals surface area contributed by atoms with Crippen molar-refractivity contribution in [2.75, 3.05) is 45.1 Å². The Balaban J connectivity index is 2.50. The van der Waals surface area contributed by atoms with Crippen LogP contribution in [0.3, 0.4) is 0 Å². The number of aliphatic hydroxyl groups excluding tert-OH is 1. The van der Waals surface area contributed by atoms with Crippen LogP contribution in [0.5, 0.6) is 0 Å². The lowest BCUT2D eigenvalue weighted by atomic mass is 10.4. The summed E-state index contributed by atoms with van der Waals surface area (Å²) in [5.74, 6) is -2.19. The van der Waals surface area contributed by atoms with Gasteiger partial charge in [-0.1, -0.05) is 0 Å². The molecule has 0 aromatic heterocycles. The first-order chi connectivity index (χ1) is 7.45. The van der Waals surface area contributed by atoms with Crippen molar-refractivity contribution in [3.8, 4) is 0 Å². The molecule has 16 heavy (non-hydrogen) atoms. The summed E-state index contributed by atoms with van der Waals surface area (Å²) >= 11 is 0. The van der Waals surface area contributed by atoms with Crippen molar-refractivity contribution in [2.45, 2.75) is 0 Å². The minimum atomic E-state index is -3.68. The molecule has 0 aromatic carbocycles. The molecule has 1 aliphatic rings. The summed E-state index contributed by atoms with van der Waals surface area (Å²) in [6, 6.07) is 0. The molecule has 0 unspecified atom stereocenters. The molecule has 0 amide bonds. The van der Waals surface area contributed by atoms with E-state index in [4.69, 9.17) is 10.2 Å². The van der Waals surface area contributed by atoms with Crippen molar-refractivity contribution in [3.05, 3.63) is 0 Å². The lowest BCUT2D eigenvalue weighted by Crippen LogP contribution is -2.50. The average Bonchev–Trinajstić information content (AvgIpc) is 2.17. The number of nitrogens with zero attached hydrogens (tertiary/aromatic N) is 2. The lowest BCUT2D eigenvalue weighted by molar-refractivity contribution is -0.134. The zero-order valence-electron chi connectivity index (χ0n) is 8.87. The van der Waals surface area contributed by atoms with E-state index in [9.17, 15) is 13.2 Å². The van der Waals surface area contributed by atoms with Crippen LogP contribution in [-0.2, 0) is 14.8 Å². The number of aliphatic hydroxyl groups is 1. The summed E-state index contributed by atoms with van der Waals surface area (Å²) in [4.78, 5) is 12.3. The monoisotopic (exact) mass is 252 g/mol. The number of rotatable bonds is 5. The van der Waals surface area contributed by atoms with Crippen molar-refractivity contribution in [1.29, 1.82) is 0 Å². The molecule has 0 saturated carbocycles. The third-order valence-corrected chi connectivity index (χ3v) is 4.21. The quantitative estimate of drug-likeness (QED) is 0.588. The minimum absolute atomic E-state index is 0.0435. The summed E-state index contributed by atoms with van der Waals surface area (Å²) in [5.41, 5.74) is 0. The van der Waals surface area contributed by atoms with Crippen LogP contribution in [0.4, 0.5) is 0 Å². The summed E-state index contributed by atoms with van der Waals surface area (Å²) in [6.45, 7) is 2.19. The van der Waals surface area contributed by atoms with E-state index in [1.54, 1.807) is 0 Å². The maximum atomic E-state index is 11.5. The molecule has 0 aliphatic carbocycles. The first-order valence-corrected chi connectivity index (χ1v) is 6.59. The summed E-state index contributed by atoms with van der Waals surface area (Å²) in [7, 11) is -3.68. The van der Waals surface area contributed by atoms with E-state index in [1.807, 2.05) is 4.90 Å². The predicted octanol–water partition coefficient (Wildman–Crippen LogP) is -1.99. The van der Waals surface area contributed by atoms with Gasteiger partial charge in [0.2, 0.25) is 10.0 Å². The Bertz CT molecular complexity index is 334. The van der Waals surface area contributed by atoms with Crippen LogP contribution in [0, 0.1) is 0 Å². The fourth-order valence-electron chi connectivity index (χ4n) is 1.62. The minimum Gasteiger partial charge on any atom is -0.480 e. The molecule has 7 nitrogen and oxygen atoms in total. The number of carboxylic acids is 1. The number of sulfonamides is 1. The predicted molar refractivity (Wildman–Crippen MR) is 56.5 cm³/mol. The zero-order valence-corrected chi connectivity index (χ0v) is 9.69. The van der Waals surface area contributed by atoms with Crippen LogP contribution in [0.25, 0.3) is 0 Å². The van der Waals surface area contributed by atoms with Gasteiger partial charge in [0.05, 0.1) is 6.61 Å². The molecule has 1 saturated heterocycles. The van der Waals surface area contributed by atoms with Crippen LogP contribution in [-0.4, -0.2) is 78.9 Å². The third kappa shape index (κ3) is 3.71. The van der Waals surface area contributed by atoms with Gasteiger partial charge in [-0.15, -0.1) is 0 Å². The molecule has 2 N–H and O–H groups in total. The molecule has 0 bridgehead atoms. The van der Waals surface area contributed by atoms with E-state index in [2.05, 4.69) is 0 Å². The second-order valence-corrected chi connectivity index (χ2v) is 5.58. The highest BCUT2D eigenvalue weighted by Crippen LogP contribution is 2.07. The van der Waals surface area contributed by atoms with Gasteiger partial charge >= 0.3 is 5.97 Å². The first kappa shape index (κ1) is 13.4. The lowest BCUT2D eigenvalue weighted by Gasteiger charge is -2.33. The molecule has 1 aliphatic heterocycles. The Labute approximate surface area is 94.3 Å². The van der Waals surface area contributed by atoms with E-state index < -0.39 is 21.7 Å². The number of hydrogen-bond donors (Lipinski definition) is 2. The number of aliphatic carboxylic acids is 1. The Kier molecular flexibility index (Phi) is 4.66. The number of hydrogen-bond acceptors (Lipinski definition) is 5.